The second kappa shape index (κ2) is 2.22. The number of fused-ring (bicyclic) bond motifs is 1. The maximum atomic E-state index is 4.01. The van der Waals surface area contributed by atoms with Crippen LogP contribution in [0.2, 0.25) is 0 Å². The highest BCUT2D eigenvalue weighted by molar-refractivity contribution is 5.65. The minimum absolute atomic E-state index is 0.583. The zero-order chi connectivity index (χ0) is 8.88. The van der Waals surface area contributed by atoms with Gasteiger partial charge in [0.15, 0.2) is 0 Å². The van der Waals surface area contributed by atoms with Crippen molar-refractivity contribution in [3.8, 4) is 0 Å². The lowest BCUT2D eigenvalue weighted by Crippen LogP contribution is -1.74. The van der Waals surface area contributed by atoms with Crippen molar-refractivity contribution in [3.05, 3.63) is 46.5 Å². The molecule has 0 saturated heterocycles. The third-order valence-corrected chi connectivity index (χ3v) is 2.71. The highest BCUT2D eigenvalue weighted by Crippen LogP contribution is 2.51. The van der Waals surface area contributed by atoms with Crippen molar-refractivity contribution >= 4 is 0 Å². The number of benzene rings is 1. The van der Waals surface area contributed by atoms with Crippen LogP contribution < -0.4 is 0 Å². The molecular formula is C12H14. The molecule has 1 aliphatic rings. The van der Waals surface area contributed by atoms with Crippen LogP contribution in [0.1, 0.15) is 35.1 Å². The van der Waals surface area contributed by atoms with Gasteiger partial charge in [0.1, 0.15) is 0 Å². The molecule has 0 spiro atoms. The van der Waals surface area contributed by atoms with Crippen LogP contribution in [0.15, 0.2) is 24.3 Å². The fraction of sp³-hybridized carbons (Fsp3) is 0.333. The summed E-state index contributed by atoms with van der Waals surface area (Å²) >= 11 is 0. The first kappa shape index (κ1) is 7.60. The summed E-state index contributed by atoms with van der Waals surface area (Å²) in [6, 6.07) is 4.41. The van der Waals surface area contributed by atoms with Crippen LogP contribution in [-0.2, 0) is 0 Å². The lowest BCUT2D eigenvalue weighted by atomic mass is 10.1. The minimum Gasteiger partial charge on any atom is -0.0992 e. The van der Waals surface area contributed by atoms with Crippen LogP contribution in [0, 0.1) is 13.8 Å². The summed E-state index contributed by atoms with van der Waals surface area (Å²) in [6.45, 7) is 10.5. The molecule has 0 unspecified atom stereocenters. The van der Waals surface area contributed by atoms with E-state index in [2.05, 4.69) is 39.5 Å². The Kier molecular flexibility index (Phi) is 1.41. The van der Waals surface area contributed by atoms with E-state index in [0.717, 1.165) is 0 Å². The van der Waals surface area contributed by atoms with E-state index in [1.165, 1.54) is 27.8 Å². The smallest absolute Gasteiger partial charge is 0.0305 e. The molecule has 1 aromatic rings. The van der Waals surface area contributed by atoms with Crippen LogP contribution in [0.4, 0.5) is 0 Å². The van der Waals surface area contributed by atoms with Crippen LogP contribution in [0.25, 0.3) is 0 Å². The van der Waals surface area contributed by atoms with Gasteiger partial charge in [-0.15, -0.1) is 0 Å². The molecule has 0 heterocycles. The monoisotopic (exact) mass is 158 g/mol. The van der Waals surface area contributed by atoms with E-state index >= 15 is 0 Å². The molecule has 0 aliphatic heterocycles. The van der Waals surface area contributed by atoms with Crippen LogP contribution in [-0.4, -0.2) is 0 Å². The molecule has 0 aromatic heterocycles. The van der Waals surface area contributed by atoms with E-state index in [0.29, 0.717) is 5.92 Å². The molecule has 1 aromatic carbocycles. The average molecular weight is 158 g/mol. The van der Waals surface area contributed by atoms with Crippen molar-refractivity contribution in [3.63, 3.8) is 0 Å². The summed E-state index contributed by atoms with van der Waals surface area (Å²) < 4.78 is 0. The van der Waals surface area contributed by atoms with Crippen LogP contribution in [0.5, 0.6) is 0 Å². The number of rotatable bonds is 1. The van der Waals surface area contributed by atoms with Gasteiger partial charge >= 0.3 is 0 Å². The van der Waals surface area contributed by atoms with Gasteiger partial charge in [-0.25, -0.2) is 0 Å². The summed E-state index contributed by atoms with van der Waals surface area (Å²) in [5, 5.41) is 0. The van der Waals surface area contributed by atoms with E-state index in [4.69, 9.17) is 0 Å². The summed E-state index contributed by atoms with van der Waals surface area (Å²) in [6.07, 6.45) is 0. The molecule has 0 fully saturated rings. The van der Waals surface area contributed by atoms with Crippen molar-refractivity contribution < 1.29 is 0 Å². The molecule has 0 heteroatoms. The molecular weight excluding hydrogens is 144 g/mol. The second-order valence-electron chi connectivity index (χ2n) is 3.81. The Morgan fingerprint density at radius 3 is 1.92 bits per heavy atom. The molecule has 0 bridgehead atoms. The topological polar surface area (TPSA) is 0 Å². The molecule has 0 atom stereocenters. The minimum atomic E-state index is 0.583. The van der Waals surface area contributed by atoms with Crippen LogP contribution >= 0.6 is 0 Å². The highest BCUT2D eigenvalue weighted by atomic mass is 14.4. The average Bonchev–Trinajstić information content (AvgIpc) is 2.72. The maximum absolute atomic E-state index is 4.01. The third-order valence-electron chi connectivity index (χ3n) is 2.71. The highest BCUT2D eigenvalue weighted by Gasteiger charge is 2.35. The Balaban J connectivity index is 2.52. The lowest BCUT2D eigenvalue weighted by Gasteiger charge is -1.91. The zero-order valence-electron chi connectivity index (χ0n) is 7.94. The van der Waals surface area contributed by atoms with E-state index < -0.39 is 0 Å². The van der Waals surface area contributed by atoms with Gasteiger partial charge in [-0.05, 0) is 43.0 Å². The first-order chi connectivity index (χ1) is 5.63. The van der Waals surface area contributed by atoms with Crippen LogP contribution in [0.3, 0.4) is 0 Å². The Bertz CT molecular complexity index is 330. The Morgan fingerprint density at radius 2 is 1.58 bits per heavy atom. The Labute approximate surface area is 73.9 Å². The standard InChI is InChI=1S/C12H14/c1-7(2)10-11-8(3)5-6-9(4)12(10)11/h5-6,10H,1H2,2-4H3. The fourth-order valence-corrected chi connectivity index (χ4v) is 2.02. The molecule has 0 amide bonds. The number of hydrogen-bond acceptors (Lipinski definition) is 0. The van der Waals surface area contributed by atoms with Gasteiger partial charge in [-0.3, -0.25) is 0 Å². The number of allylic oxidation sites excluding steroid dienone is 1. The Hall–Kier alpha value is -1.04. The Morgan fingerprint density at radius 1 is 1.17 bits per heavy atom. The van der Waals surface area contributed by atoms with Gasteiger partial charge in [0.25, 0.3) is 0 Å². The van der Waals surface area contributed by atoms with Crippen molar-refractivity contribution in [1.29, 1.82) is 0 Å². The SMILES string of the molecule is C=C(C)C1c2c(C)ccc(C)c21. The largest absolute Gasteiger partial charge is 0.0992 e. The summed E-state index contributed by atoms with van der Waals surface area (Å²) in [7, 11) is 0. The van der Waals surface area contributed by atoms with E-state index in [9.17, 15) is 0 Å². The zero-order valence-corrected chi connectivity index (χ0v) is 7.94. The van der Waals surface area contributed by atoms with E-state index in [1.54, 1.807) is 0 Å². The van der Waals surface area contributed by atoms with E-state index in [1.807, 2.05) is 0 Å². The molecule has 0 saturated carbocycles. The van der Waals surface area contributed by atoms with Gasteiger partial charge in [-0.1, -0.05) is 24.3 Å². The summed E-state index contributed by atoms with van der Waals surface area (Å²) in [5.74, 6) is 0.583. The molecule has 1 aliphatic carbocycles. The first-order valence-corrected chi connectivity index (χ1v) is 4.38. The summed E-state index contributed by atoms with van der Waals surface area (Å²) in [5.41, 5.74) is 7.18. The number of hydrogen-bond donors (Lipinski definition) is 0. The van der Waals surface area contributed by atoms with Crippen molar-refractivity contribution in [2.45, 2.75) is 26.7 Å². The van der Waals surface area contributed by atoms with Gasteiger partial charge in [0, 0.05) is 5.92 Å². The fourth-order valence-electron chi connectivity index (χ4n) is 2.02. The van der Waals surface area contributed by atoms with Gasteiger partial charge in [0.2, 0.25) is 0 Å². The van der Waals surface area contributed by atoms with Crippen molar-refractivity contribution in [2.75, 3.05) is 0 Å². The first-order valence-electron chi connectivity index (χ1n) is 4.38. The molecule has 12 heavy (non-hydrogen) atoms. The molecule has 0 N–H and O–H groups in total. The van der Waals surface area contributed by atoms with Gasteiger partial charge < -0.3 is 0 Å². The van der Waals surface area contributed by atoms with Gasteiger partial charge in [0.05, 0.1) is 0 Å². The number of aryl methyl sites for hydroxylation is 2. The third kappa shape index (κ3) is 0.842. The molecule has 62 valence electrons. The molecule has 0 nitrogen and oxygen atoms in total. The molecule has 0 radical (unpaired) electrons. The predicted molar refractivity (Wildman–Crippen MR) is 52.6 cm³/mol. The quantitative estimate of drug-likeness (QED) is 0.550. The van der Waals surface area contributed by atoms with Crippen molar-refractivity contribution in [1.82, 2.24) is 0 Å². The van der Waals surface area contributed by atoms with Crippen molar-refractivity contribution in [2.24, 2.45) is 0 Å². The normalized spacial score (nSPS) is 14.2. The van der Waals surface area contributed by atoms with E-state index in [-0.39, 0.29) is 0 Å². The second-order valence-corrected chi connectivity index (χ2v) is 3.81. The predicted octanol–water partition coefficient (Wildman–Crippen LogP) is 3.32. The maximum Gasteiger partial charge on any atom is 0.0305 e. The lowest BCUT2D eigenvalue weighted by molar-refractivity contribution is 1.14. The van der Waals surface area contributed by atoms with Gasteiger partial charge in [-0.2, -0.15) is 0 Å². The molecule has 2 rings (SSSR count). The summed E-state index contributed by atoms with van der Waals surface area (Å²) in [4.78, 5) is 0.